The molecule has 1 aliphatic heterocycles. The third-order valence-corrected chi connectivity index (χ3v) is 3.57. The number of aromatic carboxylic acids is 1. The fourth-order valence-corrected chi connectivity index (χ4v) is 2.49. The number of carboxylic acids is 1. The van der Waals surface area contributed by atoms with Crippen LogP contribution in [0.1, 0.15) is 21.6 Å². The minimum Gasteiger partial charge on any atom is -0.493 e. The number of hydrogen-bond donors (Lipinski definition) is 1. The lowest BCUT2D eigenvalue weighted by Gasteiger charge is -2.14. The van der Waals surface area contributed by atoms with Crippen molar-refractivity contribution in [3.8, 4) is 11.5 Å². The molecule has 7 nitrogen and oxygen atoms in total. The summed E-state index contributed by atoms with van der Waals surface area (Å²) in [6.45, 7) is 1.19. The molecule has 0 spiro atoms. The van der Waals surface area contributed by atoms with Gasteiger partial charge in [0, 0.05) is 19.3 Å². The number of methoxy groups -OCH3 is 2. The van der Waals surface area contributed by atoms with Crippen molar-refractivity contribution in [2.45, 2.75) is 13.1 Å². The zero-order valence-electron chi connectivity index (χ0n) is 12.2. The molecule has 2 heterocycles. The highest BCUT2D eigenvalue weighted by Crippen LogP contribution is 2.35. The van der Waals surface area contributed by atoms with Gasteiger partial charge in [0.2, 0.25) is 5.95 Å². The first-order valence-electron chi connectivity index (χ1n) is 6.67. The molecule has 3 rings (SSSR count). The van der Waals surface area contributed by atoms with Crippen molar-refractivity contribution >= 4 is 11.9 Å². The van der Waals surface area contributed by atoms with Crippen LogP contribution in [0.2, 0.25) is 0 Å². The van der Waals surface area contributed by atoms with Crippen molar-refractivity contribution in [1.82, 2.24) is 9.97 Å². The fourth-order valence-electron chi connectivity index (χ4n) is 2.49. The normalized spacial score (nSPS) is 12.9. The van der Waals surface area contributed by atoms with E-state index in [-0.39, 0.29) is 5.69 Å². The minimum absolute atomic E-state index is 0.0175. The largest absolute Gasteiger partial charge is 0.493 e. The highest BCUT2D eigenvalue weighted by Gasteiger charge is 2.24. The van der Waals surface area contributed by atoms with E-state index >= 15 is 0 Å². The first-order chi connectivity index (χ1) is 10.6. The molecular formula is C15H15N3O4. The van der Waals surface area contributed by atoms with Crippen LogP contribution in [0.3, 0.4) is 0 Å². The molecule has 0 saturated heterocycles. The number of carboxylic acid groups (broad SMARTS) is 1. The van der Waals surface area contributed by atoms with Crippen molar-refractivity contribution in [3.05, 3.63) is 41.2 Å². The maximum Gasteiger partial charge on any atom is 0.354 e. The van der Waals surface area contributed by atoms with E-state index in [0.29, 0.717) is 30.5 Å². The Kier molecular flexibility index (Phi) is 3.54. The molecule has 0 unspecified atom stereocenters. The summed E-state index contributed by atoms with van der Waals surface area (Å²) in [4.78, 5) is 21.2. The number of fused-ring (bicyclic) bond motifs is 1. The summed E-state index contributed by atoms with van der Waals surface area (Å²) >= 11 is 0. The van der Waals surface area contributed by atoms with Gasteiger partial charge < -0.3 is 19.5 Å². The highest BCUT2D eigenvalue weighted by atomic mass is 16.5. The molecule has 0 aliphatic carbocycles. The van der Waals surface area contributed by atoms with Crippen LogP contribution < -0.4 is 14.4 Å². The molecule has 0 amide bonds. The summed E-state index contributed by atoms with van der Waals surface area (Å²) in [6.07, 6.45) is 1.45. The van der Waals surface area contributed by atoms with Gasteiger partial charge in [0.1, 0.15) is 0 Å². The summed E-state index contributed by atoms with van der Waals surface area (Å²) in [5.74, 6) is 0.671. The van der Waals surface area contributed by atoms with Gasteiger partial charge in [-0.05, 0) is 29.3 Å². The van der Waals surface area contributed by atoms with E-state index in [4.69, 9.17) is 14.6 Å². The predicted octanol–water partition coefficient (Wildman–Crippen LogP) is 1.71. The van der Waals surface area contributed by atoms with E-state index in [1.54, 1.807) is 14.2 Å². The minimum atomic E-state index is -1.07. The summed E-state index contributed by atoms with van der Waals surface area (Å²) in [5, 5.41) is 9.02. The van der Waals surface area contributed by atoms with Gasteiger partial charge >= 0.3 is 5.97 Å². The molecule has 114 valence electrons. The molecule has 2 aromatic rings. The predicted molar refractivity (Wildman–Crippen MR) is 78.4 cm³/mol. The Morgan fingerprint density at radius 1 is 1.18 bits per heavy atom. The zero-order valence-corrected chi connectivity index (χ0v) is 12.2. The summed E-state index contributed by atoms with van der Waals surface area (Å²) in [7, 11) is 3.19. The van der Waals surface area contributed by atoms with Crippen LogP contribution in [0.25, 0.3) is 0 Å². The second-order valence-corrected chi connectivity index (χ2v) is 4.88. The topological polar surface area (TPSA) is 84.8 Å². The molecule has 0 radical (unpaired) electrons. The van der Waals surface area contributed by atoms with Gasteiger partial charge in [-0.25, -0.2) is 14.8 Å². The van der Waals surface area contributed by atoms with Crippen molar-refractivity contribution < 1.29 is 19.4 Å². The summed E-state index contributed by atoms with van der Waals surface area (Å²) < 4.78 is 10.6. The van der Waals surface area contributed by atoms with E-state index in [9.17, 15) is 4.79 Å². The first kappa shape index (κ1) is 14.1. The van der Waals surface area contributed by atoms with E-state index in [1.165, 1.54) is 12.3 Å². The van der Waals surface area contributed by atoms with E-state index < -0.39 is 5.97 Å². The molecule has 1 aliphatic rings. The van der Waals surface area contributed by atoms with E-state index in [2.05, 4.69) is 9.97 Å². The lowest BCUT2D eigenvalue weighted by molar-refractivity contribution is 0.0690. The lowest BCUT2D eigenvalue weighted by Crippen LogP contribution is -2.18. The third kappa shape index (κ3) is 2.41. The number of aromatic nitrogens is 2. The highest BCUT2D eigenvalue weighted by molar-refractivity contribution is 5.85. The number of ether oxygens (including phenoxy) is 2. The second-order valence-electron chi connectivity index (χ2n) is 4.88. The first-order valence-corrected chi connectivity index (χ1v) is 6.67. The van der Waals surface area contributed by atoms with E-state index in [0.717, 1.165) is 11.1 Å². The van der Waals surface area contributed by atoms with Crippen molar-refractivity contribution in [2.24, 2.45) is 0 Å². The van der Waals surface area contributed by atoms with Crippen LogP contribution in [0.5, 0.6) is 11.5 Å². The molecule has 0 fully saturated rings. The van der Waals surface area contributed by atoms with Gasteiger partial charge in [0.05, 0.1) is 14.2 Å². The number of nitrogens with zero attached hydrogens (tertiary/aromatic N) is 3. The Hall–Kier alpha value is -2.83. The standard InChI is InChI=1S/C15H15N3O4/c1-21-12-5-9-7-18(8-10(9)6-13(12)22-2)15-16-4-3-11(17-15)14(19)20/h3-6H,7-8H2,1-2H3,(H,19,20). The van der Waals surface area contributed by atoms with Crippen LogP contribution in [0, 0.1) is 0 Å². The number of anilines is 1. The van der Waals surface area contributed by atoms with E-state index in [1.807, 2.05) is 17.0 Å². The molecule has 7 heteroatoms. The molecule has 0 bridgehead atoms. The van der Waals surface area contributed by atoms with Gasteiger partial charge in [-0.2, -0.15) is 0 Å². The molecule has 0 saturated carbocycles. The molecule has 1 aromatic carbocycles. The smallest absolute Gasteiger partial charge is 0.354 e. The average Bonchev–Trinajstić information content (AvgIpc) is 2.96. The maximum atomic E-state index is 11.0. The van der Waals surface area contributed by atoms with Crippen LogP contribution in [-0.2, 0) is 13.1 Å². The Bertz CT molecular complexity index is 700. The number of hydrogen-bond acceptors (Lipinski definition) is 6. The van der Waals surface area contributed by atoms with Crippen LogP contribution in [-0.4, -0.2) is 35.3 Å². The van der Waals surface area contributed by atoms with Crippen LogP contribution in [0.4, 0.5) is 5.95 Å². The van der Waals surface area contributed by atoms with Gasteiger partial charge in [-0.1, -0.05) is 0 Å². The maximum absolute atomic E-state index is 11.0. The van der Waals surface area contributed by atoms with Crippen molar-refractivity contribution in [3.63, 3.8) is 0 Å². The number of rotatable bonds is 4. The van der Waals surface area contributed by atoms with Crippen LogP contribution in [0.15, 0.2) is 24.4 Å². The van der Waals surface area contributed by atoms with Crippen molar-refractivity contribution in [1.29, 1.82) is 0 Å². The lowest BCUT2D eigenvalue weighted by atomic mass is 10.1. The van der Waals surface area contributed by atoms with Gasteiger partial charge in [0.15, 0.2) is 17.2 Å². The number of carbonyl (C=O) groups is 1. The Morgan fingerprint density at radius 3 is 2.27 bits per heavy atom. The summed E-state index contributed by atoms with van der Waals surface area (Å²) in [5.41, 5.74) is 2.15. The molecule has 1 N–H and O–H groups in total. The fraction of sp³-hybridized carbons (Fsp3) is 0.267. The monoisotopic (exact) mass is 301 g/mol. The molecule has 0 atom stereocenters. The average molecular weight is 301 g/mol. The molecule has 1 aromatic heterocycles. The summed E-state index contributed by atoms with van der Waals surface area (Å²) in [6, 6.07) is 5.23. The van der Waals surface area contributed by atoms with Gasteiger partial charge in [0.25, 0.3) is 0 Å². The number of benzene rings is 1. The van der Waals surface area contributed by atoms with Gasteiger partial charge in [-0.3, -0.25) is 0 Å². The second kappa shape index (κ2) is 5.51. The Balaban J connectivity index is 1.91. The molecular weight excluding hydrogens is 286 g/mol. The third-order valence-electron chi connectivity index (χ3n) is 3.57. The van der Waals surface area contributed by atoms with Crippen LogP contribution >= 0.6 is 0 Å². The van der Waals surface area contributed by atoms with Gasteiger partial charge in [-0.15, -0.1) is 0 Å². The quantitative estimate of drug-likeness (QED) is 0.920. The Labute approximate surface area is 127 Å². The SMILES string of the molecule is COc1cc2c(cc1OC)CN(c1nccc(C(=O)O)n1)C2. The molecule has 22 heavy (non-hydrogen) atoms. The zero-order chi connectivity index (χ0) is 15.7. The Morgan fingerprint density at radius 2 is 1.77 bits per heavy atom. The van der Waals surface area contributed by atoms with Crippen molar-refractivity contribution in [2.75, 3.05) is 19.1 Å².